The minimum atomic E-state index is 0.0368. The third kappa shape index (κ3) is 3.63. The second-order valence-electron chi connectivity index (χ2n) is 8.11. The van der Waals surface area contributed by atoms with Crippen LogP contribution in [0, 0.1) is 5.92 Å². The summed E-state index contributed by atoms with van der Waals surface area (Å²) in [6.07, 6.45) is 4.90. The summed E-state index contributed by atoms with van der Waals surface area (Å²) < 4.78 is 2.01. The summed E-state index contributed by atoms with van der Waals surface area (Å²) in [6, 6.07) is 21.9. The van der Waals surface area contributed by atoms with Gasteiger partial charge in [0.2, 0.25) is 5.91 Å². The lowest BCUT2D eigenvalue weighted by Crippen LogP contribution is -2.51. The Kier molecular flexibility index (Phi) is 4.87. The molecular weight excluding hydrogens is 374 g/mol. The number of carbonyl (C=O) groups excluding carboxylic acids is 2. The van der Waals surface area contributed by atoms with Crippen LogP contribution in [0.15, 0.2) is 79.1 Å². The molecule has 3 aromatic rings. The van der Waals surface area contributed by atoms with Crippen LogP contribution >= 0.6 is 0 Å². The highest BCUT2D eigenvalue weighted by Crippen LogP contribution is 2.48. The largest absolute Gasteiger partial charge is 0.339 e. The standard InChI is InChI=1S/C25H25N3O2/c29-24(20-8-10-21(11-9-20)26-12-4-5-13-26)27-14-16-28(17-15-27)25(30)23-18-22(23)19-6-2-1-3-7-19/h1-13,22-23H,14-18H2/t22-,23-/m0/s1. The van der Waals surface area contributed by atoms with Gasteiger partial charge in [-0.3, -0.25) is 9.59 Å². The molecule has 2 heterocycles. The van der Waals surface area contributed by atoms with E-state index < -0.39 is 0 Å². The molecule has 2 amide bonds. The number of nitrogens with zero attached hydrogens (tertiary/aromatic N) is 3. The summed E-state index contributed by atoms with van der Waals surface area (Å²) in [4.78, 5) is 29.5. The SMILES string of the molecule is O=C(c1ccc(-n2cccc2)cc1)N1CCN(C(=O)[C@H]2C[C@H]2c2ccccc2)CC1. The molecule has 2 atom stereocenters. The van der Waals surface area contributed by atoms with E-state index in [0.717, 1.165) is 12.1 Å². The molecule has 0 bridgehead atoms. The average molecular weight is 399 g/mol. The Hall–Kier alpha value is -3.34. The van der Waals surface area contributed by atoms with Gasteiger partial charge in [-0.05, 0) is 54.3 Å². The Morgan fingerprint density at radius 2 is 1.37 bits per heavy atom. The number of hydrogen-bond acceptors (Lipinski definition) is 2. The number of rotatable bonds is 4. The Bertz CT molecular complexity index is 1020. The van der Waals surface area contributed by atoms with Crippen LogP contribution in [0.4, 0.5) is 0 Å². The summed E-state index contributed by atoms with van der Waals surface area (Å²) in [7, 11) is 0. The van der Waals surface area contributed by atoms with Crippen LogP contribution in [-0.2, 0) is 4.79 Å². The van der Waals surface area contributed by atoms with Crippen molar-refractivity contribution in [2.45, 2.75) is 12.3 Å². The smallest absolute Gasteiger partial charge is 0.253 e. The average Bonchev–Trinajstić information content (AvgIpc) is 3.43. The predicted octanol–water partition coefficient (Wildman–Crippen LogP) is 3.57. The van der Waals surface area contributed by atoms with Crippen LogP contribution in [0.3, 0.4) is 0 Å². The fraction of sp³-hybridized carbons (Fsp3) is 0.280. The Morgan fingerprint density at radius 3 is 2.03 bits per heavy atom. The van der Waals surface area contributed by atoms with Crippen molar-refractivity contribution in [1.82, 2.24) is 14.4 Å². The number of aromatic nitrogens is 1. The molecule has 1 saturated heterocycles. The molecule has 1 aromatic heterocycles. The van der Waals surface area contributed by atoms with Gasteiger partial charge in [-0.25, -0.2) is 0 Å². The Morgan fingerprint density at radius 1 is 0.733 bits per heavy atom. The monoisotopic (exact) mass is 399 g/mol. The lowest BCUT2D eigenvalue weighted by Gasteiger charge is -2.35. The summed E-state index contributed by atoms with van der Waals surface area (Å²) in [6.45, 7) is 2.41. The lowest BCUT2D eigenvalue weighted by molar-refractivity contribution is -0.134. The zero-order chi connectivity index (χ0) is 20.5. The van der Waals surface area contributed by atoms with Crippen molar-refractivity contribution in [2.24, 2.45) is 5.92 Å². The van der Waals surface area contributed by atoms with Crippen molar-refractivity contribution in [2.75, 3.05) is 26.2 Å². The number of benzene rings is 2. The molecule has 2 fully saturated rings. The van der Waals surface area contributed by atoms with Gasteiger partial charge >= 0.3 is 0 Å². The summed E-state index contributed by atoms with van der Waals surface area (Å²) >= 11 is 0. The molecule has 0 unspecified atom stereocenters. The molecule has 152 valence electrons. The van der Waals surface area contributed by atoms with Crippen molar-refractivity contribution in [3.63, 3.8) is 0 Å². The molecule has 30 heavy (non-hydrogen) atoms. The highest BCUT2D eigenvalue weighted by Gasteiger charge is 2.46. The second kappa shape index (κ2) is 7.82. The third-order valence-corrected chi connectivity index (χ3v) is 6.23. The van der Waals surface area contributed by atoms with Gasteiger partial charge in [-0.15, -0.1) is 0 Å². The molecule has 5 nitrogen and oxygen atoms in total. The maximum Gasteiger partial charge on any atom is 0.253 e. The van der Waals surface area contributed by atoms with Crippen molar-refractivity contribution in [1.29, 1.82) is 0 Å². The van der Waals surface area contributed by atoms with Crippen molar-refractivity contribution in [3.8, 4) is 5.69 Å². The van der Waals surface area contributed by atoms with E-state index >= 15 is 0 Å². The Balaban J connectivity index is 1.16. The zero-order valence-electron chi connectivity index (χ0n) is 16.9. The first-order valence-corrected chi connectivity index (χ1v) is 10.6. The normalized spacial score (nSPS) is 20.8. The van der Waals surface area contributed by atoms with E-state index in [1.165, 1.54) is 5.56 Å². The van der Waals surface area contributed by atoms with Gasteiger partial charge in [0, 0.05) is 55.7 Å². The van der Waals surface area contributed by atoms with E-state index in [9.17, 15) is 9.59 Å². The molecule has 1 saturated carbocycles. The first-order chi connectivity index (χ1) is 14.7. The van der Waals surface area contributed by atoms with E-state index in [1.807, 2.05) is 81.4 Å². The van der Waals surface area contributed by atoms with Gasteiger partial charge in [0.25, 0.3) is 5.91 Å². The van der Waals surface area contributed by atoms with E-state index in [4.69, 9.17) is 0 Å². The quantitative estimate of drug-likeness (QED) is 0.673. The summed E-state index contributed by atoms with van der Waals surface area (Å²) in [5, 5.41) is 0. The summed E-state index contributed by atoms with van der Waals surface area (Å²) in [5.41, 5.74) is 2.98. The van der Waals surface area contributed by atoms with Gasteiger partial charge < -0.3 is 14.4 Å². The number of amides is 2. The molecule has 0 radical (unpaired) electrons. The molecule has 5 rings (SSSR count). The Labute approximate surface area is 176 Å². The van der Waals surface area contributed by atoms with E-state index in [1.54, 1.807) is 0 Å². The maximum absolute atomic E-state index is 12.9. The van der Waals surface area contributed by atoms with Crippen LogP contribution in [-0.4, -0.2) is 52.4 Å². The lowest BCUT2D eigenvalue weighted by atomic mass is 10.1. The molecule has 5 heteroatoms. The molecule has 1 aliphatic heterocycles. The zero-order valence-corrected chi connectivity index (χ0v) is 16.9. The van der Waals surface area contributed by atoms with Crippen LogP contribution < -0.4 is 0 Å². The van der Waals surface area contributed by atoms with Crippen molar-refractivity contribution >= 4 is 11.8 Å². The van der Waals surface area contributed by atoms with E-state index in [-0.39, 0.29) is 17.7 Å². The minimum absolute atomic E-state index is 0.0368. The number of hydrogen-bond donors (Lipinski definition) is 0. The van der Waals surface area contributed by atoms with Crippen LogP contribution in [0.2, 0.25) is 0 Å². The van der Waals surface area contributed by atoms with Gasteiger partial charge in [-0.2, -0.15) is 0 Å². The number of carbonyl (C=O) groups is 2. The van der Waals surface area contributed by atoms with Crippen molar-refractivity contribution in [3.05, 3.63) is 90.3 Å². The molecule has 2 aliphatic rings. The molecule has 2 aromatic carbocycles. The van der Waals surface area contributed by atoms with Crippen LogP contribution in [0.25, 0.3) is 5.69 Å². The highest BCUT2D eigenvalue weighted by atomic mass is 16.2. The fourth-order valence-corrected chi connectivity index (χ4v) is 4.37. The first kappa shape index (κ1) is 18.7. The summed E-state index contributed by atoms with van der Waals surface area (Å²) in [5.74, 6) is 0.745. The topological polar surface area (TPSA) is 45.6 Å². The van der Waals surface area contributed by atoms with E-state index in [0.29, 0.717) is 37.7 Å². The van der Waals surface area contributed by atoms with Crippen LogP contribution in [0.1, 0.15) is 28.3 Å². The van der Waals surface area contributed by atoms with Gasteiger partial charge in [-0.1, -0.05) is 30.3 Å². The third-order valence-electron chi connectivity index (χ3n) is 6.23. The van der Waals surface area contributed by atoms with Crippen LogP contribution in [0.5, 0.6) is 0 Å². The van der Waals surface area contributed by atoms with E-state index in [2.05, 4.69) is 12.1 Å². The van der Waals surface area contributed by atoms with Crippen molar-refractivity contribution < 1.29 is 9.59 Å². The van der Waals surface area contributed by atoms with Gasteiger partial charge in [0.1, 0.15) is 0 Å². The predicted molar refractivity (Wildman–Crippen MR) is 116 cm³/mol. The van der Waals surface area contributed by atoms with Gasteiger partial charge in [0.05, 0.1) is 0 Å². The molecule has 0 spiro atoms. The minimum Gasteiger partial charge on any atom is -0.339 e. The fourth-order valence-electron chi connectivity index (χ4n) is 4.37. The maximum atomic E-state index is 12.9. The molecular formula is C25H25N3O2. The molecule has 1 aliphatic carbocycles. The highest BCUT2D eigenvalue weighted by molar-refractivity contribution is 5.94. The first-order valence-electron chi connectivity index (χ1n) is 10.6. The number of piperazine rings is 1. The molecule has 0 N–H and O–H groups in total. The van der Waals surface area contributed by atoms with Gasteiger partial charge in [0.15, 0.2) is 0 Å². The second-order valence-corrected chi connectivity index (χ2v) is 8.11.